The topological polar surface area (TPSA) is 46.3 Å². The van der Waals surface area contributed by atoms with E-state index in [0.29, 0.717) is 17.5 Å². The Morgan fingerprint density at radius 2 is 2.28 bits per heavy atom. The maximum atomic E-state index is 12.1. The van der Waals surface area contributed by atoms with Crippen molar-refractivity contribution in [1.82, 2.24) is 0 Å². The van der Waals surface area contributed by atoms with E-state index >= 15 is 0 Å². The van der Waals surface area contributed by atoms with Gasteiger partial charge in [-0.25, -0.2) is 0 Å². The summed E-state index contributed by atoms with van der Waals surface area (Å²) < 4.78 is 0. The predicted molar refractivity (Wildman–Crippen MR) is 78.2 cm³/mol. The highest BCUT2D eigenvalue weighted by Crippen LogP contribution is 2.30. The molecule has 1 atom stereocenters. The van der Waals surface area contributed by atoms with Gasteiger partial charge in [-0.1, -0.05) is 25.1 Å². The van der Waals surface area contributed by atoms with Gasteiger partial charge in [-0.15, -0.1) is 11.8 Å². The number of nitrogens with zero attached hydrogens (tertiary/aromatic N) is 1. The van der Waals surface area contributed by atoms with E-state index in [0.717, 1.165) is 18.7 Å². The highest BCUT2D eigenvalue weighted by Gasteiger charge is 2.28. The van der Waals surface area contributed by atoms with Crippen LogP contribution in [0.1, 0.15) is 18.1 Å². The summed E-state index contributed by atoms with van der Waals surface area (Å²) in [4.78, 5) is 14.1. The zero-order chi connectivity index (χ0) is 13.1. The fourth-order valence-corrected chi connectivity index (χ4v) is 3.30. The van der Waals surface area contributed by atoms with Gasteiger partial charge in [0.1, 0.15) is 0 Å². The molecule has 0 aromatic heterocycles. The van der Waals surface area contributed by atoms with Crippen LogP contribution in [0.25, 0.3) is 0 Å². The summed E-state index contributed by atoms with van der Waals surface area (Å²) >= 11 is 1.67. The fraction of sp³-hybridized carbons (Fsp3) is 0.500. The second-order valence-electron chi connectivity index (χ2n) is 4.61. The summed E-state index contributed by atoms with van der Waals surface area (Å²) in [6.07, 6.45) is 0.946. The summed E-state index contributed by atoms with van der Waals surface area (Å²) in [6.45, 7) is 5.56. The summed E-state index contributed by atoms with van der Waals surface area (Å²) in [6, 6.07) is 6.23. The van der Waals surface area contributed by atoms with Gasteiger partial charge < -0.3 is 10.6 Å². The largest absolute Gasteiger partial charge is 0.329 e. The molecule has 1 fully saturated rings. The van der Waals surface area contributed by atoms with Crippen LogP contribution >= 0.6 is 11.8 Å². The highest BCUT2D eigenvalue weighted by atomic mass is 32.2. The number of rotatable bonds is 3. The lowest BCUT2D eigenvalue weighted by molar-refractivity contribution is -0.116. The quantitative estimate of drug-likeness (QED) is 0.908. The lowest BCUT2D eigenvalue weighted by Crippen LogP contribution is -2.45. The van der Waals surface area contributed by atoms with Crippen LogP contribution in [0.2, 0.25) is 0 Å². The van der Waals surface area contributed by atoms with Crippen molar-refractivity contribution in [3.8, 4) is 0 Å². The van der Waals surface area contributed by atoms with Crippen LogP contribution in [0, 0.1) is 6.92 Å². The Balaban J connectivity index is 2.37. The normalized spacial score (nSPS) is 20.3. The van der Waals surface area contributed by atoms with Crippen molar-refractivity contribution in [3.05, 3.63) is 29.3 Å². The number of para-hydroxylation sites is 1. The molecule has 1 saturated heterocycles. The Morgan fingerprint density at radius 1 is 1.50 bits per heavy atom. The molecule has 2 N–H and O–H groups in total. The van der Waals surface area contributed by atoms with E-state index in [1.807, 2.05) is 4.90 Å². The van der Waals surface area contributed by atoms with Crippen LogP contribution in [-0.2, 0) is 11.2 Å². The van der Waals surface area contributed by atoms with Gasteiger partial charge >= 0.3 is 0 Å². The zero-order valence-corrected chi connectivity index (χ0v) is 11.8. The van der Waals surface area contributed by atoms with Gasteiger partial charge in [0.25, 0.3) is 0 Å². The summed E-state index contributed by atoms with van der Waals surface area (Å²) in [5.41, 5.74) is 9.25. The first-order valence-corrected chi connectivity index (χ1v) is 7.42. The standard InChI is InChI=1S/C14H20N2OS/c1-3-11-6-4-5-10(2)14(11)16-8-12(7-15)18-9-13(16)17/h4-6,12H,3,7-9,15H2,1-2H3. The fourth-order valence-electron chi connectivity index (χ4n) is 2.38. The van der Waals surface area contributed by atoms with Gasteiger partial charge in [0, 0.05) is 24.0 Å². The molecule has 1 unspecified atom stereocenters. The van der Waals surface area contributed by atoms with E-state index in [4.69, 9.17) is 5.73 Å². The molecule has 2 rings (SSSR count). The highest BCUT2D eigenvalue weighted by molar-refractivity contribution is 8.00. The number of aryl methyl sites for hydroxylation is 2. The third kappa shape index (κ3) is 2.54. The van der Waals surface area contributed by atoms with Crippen molar-refractivity contribution in [2.24, 2.45) is 5.73 Å². The molecule has 0 bridgehead atoms. The number of hydrogen-bond donors (Lipinski definition) is 1. The monoisotopic (exact) mass is 264 g/mol. The number of carbonyl (C=O) groups is 1. The second-order valence-corrected chi connectivity index (χ2v) is 5.90. The minimum Gasteiger partial charge on any atom is -0.329 e. The van der Waals surface area contributed by atoms with Gasteiger partial charge in [-0.05, 0) is 24.5 Å². The van der Waals surface area contributed by atoms with Crippen LogP contribution < -0.4 is 10.6 Å². The van der Waals surface area contributed by atoms with Crippen LogP contribution in [0.3, 0.4) is 0 Å². The number of hydrogen-bond acceptors (Lipinski definition) is 3. The zero-order valence-electron chi connectivity index (χ0n) is 11.0. The van der Waals surface area contributed by atoms with Gasteiger partial charge in [0.2, 0.25) is 5.91 Å². The van der Waals surface area contributed by atoms with E-state index in [1.165, 1.54) is 11.1 Å². The average Bonchev–Trinajstić information content (AvgIpc) is 2.39. The molecule has 4 heteroatoms. The Labute approximate surface area is 113 Å². The lowest BCUT2D eigenvalue weighted by Gasteiger charge is -2.34. The molecule has 3 nitrogen and oxygen atoms in total. The maximum absolute atomic E-state index is 12.1. The summed E-state index contributed by atoms with van der Waals surface area (Å²) in [5.74, 6) is 0.744. The molecule has 1 aromatic rings. The lowest BCUT2D eigenvalue weighted by atomic mass is 10.0. The molecule has 1 amide bonds. The van der Waals surface area contributed by atoms with E-state index in [9.17, 15) is 4.79 Å². The van der Waals surface area contributed by atoms with Crippen LogP contribution in [-0.4, -0.2) is 30.0 Å². The van der Waals surface area contributed by atoms with Crippen molar-refractivity contribution in [3.63, 3.8) is 0 Å². The van der Waals surface area contributed by atoms with Gasteiger partial charge in [-0.2, -0.15) is 0 Å². The van der Waals surface area contributed by atoms with E-state index in [-0.39, 0.29) is 5.91 Å². The summed E-state index contributed by atoms with van der Waals surface area (Å²) in [5, 5.41) is 0.354. The Morgan fingerprint density at radius 3 is 2.94 bits per heavy atom. The van der Waals surface area contributed by atoms with Gasteiger partial charge in [-0.3, -0.25) is 4.79 Å². The first-order valence-electron chi connectivity index (χ1n) is 6.37. The van der Waals surface area contributed by atoms with Crippen molar-refractivity contribution in [2.45, 2.75) is 25.5 Å². The maximum Gasteiger partial charge on any atom is 0.237 e. The first kappa shape index (κ1) is 13.4. The van der Waals surface area contributed by atoms with Crippen LogP contribution in [0.15, 0.2) is 18.2 Å². The Kier molecular flexibility index (Phi) is 4.30. The third-order valence-corrected chi connectivity index (χ3v) is 4.59. The van der Waals surface area contributed by atoms with Gasteiger partial charge in [0.15, 0.2) is 0 Å². The molecule has 0 saturated carbocycles. The molecule has 0 aliphatic carbocycles. The molecular formula is C14H20N2OS. The van der Waals surface area contributed by atoms with Gasteiger partial charge in [0.05, 0.1) is 5.75 Å². The van der Waals surface area contributed by atoms with E-state index in [2.05, 4.69) is 32.0 Å². The number of benzene rings is 1. The first-order chi connectivity index (χ1) is 8.67. The average molecular weight is 264 g/mol. The molecular weight excluding hydrogens is 244 g/mol. The Bertz CT molecular complexity index is 447. The molecule has 1 heterocycles. The summed E-state index contributed by atoms with van der Waals surface area (Å²) in [7, 11) is 0. The van der Waals surface area contributed by atoms with Crippen LogP contribution in [0.4, 0.5) is 5.69 Å². The molecule has 98 valence electrons. The second kappa shape index (κ2) is 5.76. The van der Waals surface area contributed by atoms with Crippen molar-refractivity contribution >= 4 is 23.4 Å². The number of anilines is 1. The number of thioether (sulfide) groups is 1. The minimum atomic E-state index is 0.203. The van der Waals surface area contributed by atoms with Crippen molar-refractivity contribution in [2.75, 3.05) is 23.7 Å². The molecule has 18 heavy (non-hydrogen) atoms. The molecule has 0 radical (unpaired) electrons. The number of carbonyl (C=O) groups excluding carboxylic acids is 1. The van der Waals surface area contributed by atoms with Crippen molar-refractivity contribution < 1.29 is 4.79 Å². The van der Waals surface area contributed by atoms with Crippen LogP contribution in [0.5, 0.6) is 0 Å². The van der Waals surface area contributed by atoms with E-state index in [1.54, 1.807) is 11.8 Å². The number of amides is 1. The molecule has 1 aliphatic rings. The third-order valence-electron chi connectivity index (χ3n) is 3.36. The molecule has 0 spiro atoms. The predicted octanol–water partition coefficient (Wildman–Crippen LogP) is 1.96. The van der Waals surface area contributed by atoms with E-state index < -0.39 is 0 Å². The number of nitrogens with two attached hydrogens (primary N) is 1. The van der Waals surface area contributed by atoms with Crippen molar-refractivity contribution in [1.29, 1.82) is 0 Å². The molecule has 1 aliphatic heterocycles. The minimum absolute atomic E-state index is 0.203. The smallest absolute Gasteiger partial charge is 0.237 e. The molecule has 1 aromatic carbocycles. The Hall–Kier alpha value is -1.00. The SMILES string of the molecule is CCc1cccc(C)c1N1CC(CN)SCC1=O.